The molecule has 1 aromatic rings. The molecule has 0 atom stereocenters. The minimum atomic E-state index is -0.300. The predicted molar refractivity (Wildman–Crippen MR) is 57.8 cm³/mol. The van der Waals surface area contributed by atoms with Gasteiger partial charge in [-0.05, 0) is 24.8 Å². The maximum absolute atomic E-state index is 11.5. The summed E-state index contributed by atoms with van der Waals surface area (Å²) in [5.41, 5.74) is 0.704. The molecule has 0 saturated carbocycles. The van der Waals surface area contributed by atoms with Gasteiger partial charge in [0.2, 0.25) is 0 Å². The van der Waals surface area contributed by atoms with Crippen LogP contribution in [0.25, 0.3) is 0 Å². The molecule has 84 valence electrons. The molecule has 1 heterocycles. The standard InChI is InChI=1S/C12H18O3/c1-9-10(5-7-14-9)11(13)15-8-6-12(2,3)4/h5,7H,6,8H2,1-4H3. The summed E-state index contributed by atoms with van der Waals surface area (Å²) in [6.45, 7) is 8.55. The van der Waals surface area contributed by atoms with Crippen molar-refractivity contribution in [1.29, 1.82) is 0 Å². The van der Waals surface area contributed by atoms with Crippen LogP contribution in [0, 0.1) is 12.3 Å². The highest BCUT2D eigenvalue weighted by Crippen LogP contribution is 2.18. The minimum Gasteiger partial charge on any atom is -0.469 e. The molecule has 1 aromatic heterocycles. The van der Waals surface area contributed by atoms with E-state index in [1.54, 1.807) is 13.0 Å². The Labute approximate surface area is 90.4 Å². The minimum absolute atomic E-state index is 0.186. The maximum atomic E-state index is 11.5. The van der Waals surface area contributed by atoms with E-state index in [4.69, 9.17) is 9.15 Å². The summed E-state index contributed by atoms with van der Waals surface area (Å²) >= 11 is 0. The Hall–Kier alpha value is -1.25. The third kappa shape index (κ3) is 3.78. The number of furan rings is 1. The molecule has 0 saturated heterocycles. The van der Waals surface area contributed by atoms with Crippen molar-refractivity contribution in [1.82, 2.24) is 0 Å². The zero-order valence-corrected chi connectivity index (χ0v) is 9.79. The average Bonchev–Trinajstić information content (AvgIpc) is 2.48. The van der Waals surface area contributed by atoms with Gasteiger partial charge in [-0.15, -0.1) is 0 Å². The van der Waals surface area contributed by atoms with Crippen molar-refractivity contribution in [3.63, 3.8) is 0 Å². The van der Waals surface area contributed by atoms with Crippen molar-refractivity contribution in [2.24, 2.45) is 5.41 Å². The summed E-state index contributed by atoms with van der Waals surface area (Å²) in [5, 5.41) is 0. The van der Waals surface area contributed by atoms with Gasteiger partial charge in [0.1, 0.15) is 11.3 Å². The van der Waals surface area contributed by atoms with Crippen LogP contribution >= 0.6 is 0 Å². The van der Waals surface area contributed by atoms with Crippen molar-refractivity contribution < 1.29 is 13.9 Å². The second kappa shape index (κ2) is 4.51. The van der Waals surface area contributed by atoms with E-state index in [0.29, 0.717) is 17.9 Å². The van der Waals surface area contributed by atoms with Crippen molar-refractivity contribution in [2.45, 2.75) is 34.1 Å². The van der Waals surface area contributed by atoms with Gasteiger partial charge in [0.25, 0.3) is 0 Å². The number of hydrogen-bond acceptors (Lipinski definition) is 3. The van der Waals surface area contributed by atoms with Gasteiger partial charge < -0.3 is 9.15 Å². The molecule has 0 aliphatic heterocycles. The quantitative estimate of drug-likeness (QED) is 0.719. The fourth-order valence-corrected chi connectivity index (χ4v) is 1.12. The van der Waals surface area contributed by atoms with E-state index < -0.39 is 0 Å². The summed E-state index contributed by atoms with van der Waals surface area (Å²) in [5.74, 6) is 0.307. The lowest BCUT2D eigenvalue weighted by molar-refractivity contribution is 0.0463. The molecule has 15 heavy (non-hydrogen) atoms. The smallest absolute Gasteiger partial charge is 0.341 e. The first-order valence-electron chi connectivity index (χ1n) is 5.11. The van der Waals surface area contributed by atoms with Gasteiger partial charge in [0.15, 0.2) is 0 Å². The molecule has 3 nitrogen and oxygen atoms in total. The van der Waals surface area contributed by atoms with Gasteiger partial charge in [-0.25, -0.2) is 4.79 Å². The monoisotopic (exact) mass is 210 g/mol. The number of carbonyl (C=O) groups excluding carboxylic acids is 1. The second-order valence-corrected chi connectivity index (χ2v) is 4.84. The lowest BCUT2D eigenvalue weighted by atomic mass is 9.93. The summed E-state index contributed by atoms with van der Waals surface area (Å²) in [6, 6.07) is 1.63. The number of aryl methyl sites for hydroxylation is 1. The number of esters is 1. The zero-order valence-electron chi connectivity index (χ0n) is 9.79. The molecule has 0 amide bonds. The van der Waals surface area contributed by atoms with E-state index >= 15 is 0 Å². The fourth-order valence-electron chi connectivity index (χ4n) is 1.12. The van der Waals surface area contributed by atoms with Crippen molar-refractivity contribution in [3.8, 4) is 0 Å². The van der Waals surface area contributed by atoms with E-state index in [2.05, 4.69) is 20.8 Å². The van der Waals surface area contributed by atoms with Gasteiger partial charge in [-0.1, -0.05) is 20.8 Å². The number of carbonyl (C=O) groups is 1. The summed E-state index contributed by atoms with van der Waals surface area (Å²) in [7, 11) is 0. The molecule has 0 aromatic carbocycles. The van der Waals surface area contributed by atoms with Crippen LogP contribution in [0.4, 0.5) is 0 Å². The Balaban J connectivity index is 2.41. The summed E-state index contributed by atoms with van der Waals surface area (Å²) < 4.78 is 10.2. The molecule has 0 radical (unpaired) electrons. The Kier molecular flexibility index (Phi) is 3.56. The third-order valence-electron chi connectivity index (χ3n) is 2.16. The fraction of sp³-hybridized carbons (Fsp3) is 0.583. The van der Waals surface area contributed by atoms with Crippen LogP contribution in [0.3, 0.4) is 0 Å². The Morgan fingerprint density at radius 1 is 1.47 bits per heavy atom. The first kappa shape index (κ1) is 11.8. The van der Waals surface area contributed by atoms with E-state index in [-0.39, 0.29) is 11.4 Å². The van der Waals surface area contributed by atoms with Crippen LogP contribution in [0.2, 0.25) is 0 Å². The molecule has 0 aliphatic carbocycles. The highest BCUT2D eigenvalue weighted by atomic mass is 16.5. The zero-order chi connectivity index (χ0) is 11.5. The molecular weight excluding hydrogens is 192 g/mol. The van der Waals surface area contributed by atoms with Crippen LogP contribution in [0.5, 0.6) is 0 Å². The van der Waals surface area contributed by atoms with Gasteiger partial charge >= 0.3 is 5.97 Å². The van der Waals surface area contributed by atoms with Gasteiger partial charge in [-0.3, -0.25) is 0 Å². The molecule has 0 unspecified atom stereocenters. The predicted octanol–water partition coefficient (Wildman–Crippen LogP) is 3.18. The largest absolute Gasteiger partial charge is 0.469 e. The topological polar surface area (TPSA) is 39.4 Å². The molecular formula is C12H18O3. The lowest BCUT2D eigenvalue weighted by Gasteiger charge is -2.17. The molecule has 3 heteroatoms. The van der Waals surface area contributed by atoms with Crippen molar-refractivity contribution in [2.75, 3.05) is 6.61 Å². The Morgan fingerprint density at radius 3 is 2.60 bits per heavy atom. The number of ether oxygens (including phenoxy) is 1. The van der Waals surface area contributed by atoms with E-state index in [1.807, 2.05) is 0 Å². The maximum Gasteiger partial charge on any atom is 0.341 e. The summed E-state index contributed by atoms with van der Waals surface area (Å²) in [6.07, 6.45) is 2.35. The Bertz CT molecular complexity index is 331. The SMILES string of the molecule is Cc1occc1C(=O)OCCC(C)(C)C. The van der Waals surface area contributed by atoms with E-state index in [9.17, 15) is 4.79 Å². The third-order valence-corrected chi connectivity index (χ3v) is 2.16. The second-order valence-electron chi connectivity index (χ2n) is 4.84. The number of hydrogen-bond donors (Lipinski definition) is 0. The summed E-state index contributed by atoms with van der Waals surface area (Å²) in [4.78, 5) is 11.5. The van der Waals surface area contributed by atoms with Crippen molar-refractivity contribution in [3.05, 3.63) is 23.7 Å². The van der Waals surface area contributed by atoms with Crippen molar-refractivity contribution >= 4 is 5.97 Å². The Morgan fingerprint density at radius 2 is 2.13 bits per heavy atom. The van der Waals surface area contributed by atoms with Gasteiger partial charge in [0.05, 0.1) is 12.9 Å². The van der Waals surface area contributed by atoms with Crippen LogP contribution in [-0.2, 0) is 4.74 Å². The average molecular weight is 210 g/mol. The highest BCUT2D eigenvalue weighted by molar-refractivity contribution is 5.90. The van der Waals surface area contributed by atoms with Crippen LogP contribution in [0.15, 0.2) is 16.7 Å². The lowest BCUT2D eigenvalue weighted by Crippen LogP contribution is -2.13. The number of rotatable bonds is 3. The first-order chi connectivity index (χ1) is 6.90. The van der Waals surface area contributed by atoms with E-state index in [1.165, 1.54) is 6.26 Å². The van der Waals surface area contributed by atoms with Crippen LogP contribution in [0.1, 0.15) is 43.3 Å². The molecule has 0 N–H and O–H groups in total. The normalized spacial score (nSPS) is 11.5. The molecule has 0 fully saturated rings. The highest BCUT2D eigenvalue weighted by Gasteiger charge is 2.15. The van der Waals surface area contributed by atoms with E-state index in [0.717, 1.165) is 6.42 Å². The van der Waals surface area contributed by atoms with Crippen LogP contribution < -0.4 is 0 Å². The first-order valence-corrected chi connectivity index (χ1v) is 5.11. The van der Waals surface area contributed by atoms with Gasteiger partial charge in [-0.2, -0.15) is 0 Å². The molecule has 0 bridgehead atoms. The van der Waals surface area contributed by atoms with Crippen LogP contribution in [-0.4, -0.2) is 12.6 Å². The van der Waals surface area contributed by atoms with Gasteiger partial charge in [0, 0.05) is 0 Å². The molecule has 0 aliphatic rings. The molecule has 1 rings (SSSR count). The molecule has 0 spiro atoms.